The molecular formula is C18H19Cl3N4O4. The highest BCUT2D eigenvalue weighted by Crippen LogP contribution is 2.37. The highest BCUT2D eigenvalue weighted by molar-refractivity contribution is 6.35. The first-order valence-electron chi connectivity index (χ1n) is 7.91. The van der Waals surface area contributed by atoms with Crippen LogP contribution in [-0.2, 0) is 14.3 Å². The number of halogens is 3. The van der Waals surface area contributed by atoms with Gasteiger partial charge < -0.3 is 26.3 Å². The van der Waals surface area contributed by atoms with Crippen LogP contribution in [0.1, 0.15) is 17.2 Å². The molecule has 0 saturated carbocycles. The first-order chi connectivity index (χ1) is 13.2. The third-order valence-corrected chi connectivity index (χ3v) is 4.15. The summed E-state index contributed by atoms with van der Waals surface area (Å²) in [5.74, 6) is -1.36. The van der Waals surface area contributed by atoms with E-state index in [-0.39, 0.29) is 39.6 Å². The average Bonchev–Trinajstić information content (AvgIpc) is 2.64. The van der Waals surface area contributed by atoms with Crippen LogP contribution in [0.4, 0.5) is 5.69 Å². The van der Waals surface area contributed by atoms with Crippen molar-refractivity contribution < 1.29 is 19.1 Å². The predicted octanol–water partition coefficient (Wildman–Crippen LogP) is 2.89. The zero-order chi connectivity index (χ0) is 20.8. The molecule has 0 bridgehead atoms. The molecule has 0 spiro atoms. The van der Waals surface area contributed by atoms with E-state index < -0.39 is 24.5 Å². The molecule has 0 heterocycles. The largest absolute Gasteiger partial charge is 0.482 e. The number of nitrogens with one attached hydrogen (secondary N) is 2. The topological polar surface area (TPSA) is 141 Å². The minimum atomic E-state index is -1.05. The van der Waals surface area contributed by atoms with E-state index in [4.69, 9.17) is 49.6 Å². The molecule has 8 nitrogen and oxygen atoms in total. The summed E-state index contributed by atoms with van der Waals surface area (Å²) in [4.78, 5) is 23.5. The summed E-state index contributed by atoms with van der Waals surface area (Å²) in [7, 11) is 1.23. The lowest BCUT2D eigenvalue weighted by atomic mass is 10.0. The van der Waals surface area contributed by atoms with E-state index in [9.17, 15) is 9.59 Å². The van der Waals surface area contributed by atoms with Gasteiger partial charge in [-0.15, -0.1) is 12.4 Å². The number of amidine groups is 1. The summed E-state index contributed by atoms with van der Waals surface area (Å²) in [6.45, 7) is -0.435. The van der Waals surface area contributed by atoms with Crippen LogP contribution in [0.25, 0.3) is 0 Å². The fourth-order valence-corrected chi connectivity index (χ4v) is 2.95. The van der Waals surface area contributed by atoms with Crippen molar-refractivity contribution in [2.75, 3.05) is 19.0 Å². The van der Waals surface area contributed by atoms with Gasteiger partial charge in [0.2, 0.25) is 0 Å². The van der Waals surface area contributed by atoms with Gasteiger partial charge in [0.15, 0.2) is 12.6 Å². The van der Waals surface area contributed by atoms with Crippen LogP contribution in [0.3, 0.4) is 0 Å². The lowest BCUT2D eigenvalue weighted by molar-refractivity contribution is -0.141. The molecule has 156 valence electrons. The second-order valence-electron chi connectivity index (χ2n) is 5.65. The molecule has 1 atom stereocenters. The Morgan fingerprint density at radius 1 is 1.17 bits per heavy atom. The highest BCUT2D eigenvalue weighted by Gasteiger charge is 2.27. The molecule has 29 heavy (non-hydrogen) atoms. The fourth-order valence-electron chi connectivity index (χ4n) is 2.38. The van der Waals surface area contributed by atoms with E-state index in [0.717, 1.165) is 0 Å². The quantitative estimate of drug-likeness (QED) is 0.271. The summed E-state index contributed by atoms with van der Waals surface area (Å²) in [6, 6.07) is 8.36. The Labute approximate surface area is 183 Å². The van der Waals surface area contributed by atoms with Crippen molar-refractivity contribution in [2.45, 2.75) is 6.04 Å². The van der Waals surface area contributed by atoms with Crippen molar-refractivity contribution in [2.24, 2.45) is 11.5 Å². The summed E-state index contributed by atoms with van der Waals surface area (Å²) in [5, 5.41) is 10.8. The number of benzene rings is 2. The zero-order valence-electron chi connectivity index (χ0n) is 15.2. The molecule has 6 N–H and O–H groups in total. The van der Waals surface area contributed by atoms with Gasteiger partial charge in [-0.25, -0.2) is 4.79 Å². The summed E-state index contributed by atoms with van der Waals surface area (Å²) in [5.41, 5.74) is 11.9. The van der Waals surface area contributed by atoms with Crippen LogP contribution in [0.15, 0.2) is 36.4 Å². The molecule has 0 saturated heterocycles. The summed E-state index contributed by atoms with van der Waals surface area (Å²) in [6.07, 6.45) is 0. The lowest BCUT2D eigenvalue weighted by Crippen LogP contribution is -2.25. The monoisotopic (exact) mass is 460 g/mol. The van der Waals surface area contributed by atoms with Crippen molar-refractivity contribution in [3.8, 4) is 5.75 Å². The number of anilines is 1. The number of carbonyl (C=O) groups excluding carboxylic acids is 2. The van der Waals surface area contributed by atoms with E-state index in [1.165, 1.54) is 19.2 Å². The zero-order valence-corrected chi connectivity index (χ0v) is 17.5. The molecular weight excluding hydrogens is 443 g/mol. The Morgan fingerprint density at radius 3 is 2.31 bits per heavy atom. The van der Waals surface area contributed by atoms with Gasteiger partial charge in [-0.05, 0) is 36.4 Å². The molecule has 11 heteroatoms. The number of ether oxygens (including phenoxy) is 2. The highest BCUT2D eigenvalue weighted by atomic mass is 35.5. The number of hydrogen-bond donors (Lipinski definition) is 4. The van der Waals surface area contributed by atoms with Crippen molar-refractivity contribution in [3.05, 3.63) is 57.6 Å². The van der Waals surface area contributed by atoms with Gasteiger partial charge in [-0.2, -0.15) is 0 Å². The molecule has 1 unspecified atom stereocenters. The molecule has 2 rings (SSSR count). The second kappa shape index (κ2) is 10.8. The minimum absolute atomic E-state index is 0. The number of methoxy groups -OCH3 is 1. The van der Waals surface area contributed by atoms with E-state index >= 15 is 0 Å². The Balaban J connectivity index is 0.00000420. The molecule has 0 aromatic heterocycles. The van der Waals surface area contributed by atoms with Crippen LogP contribution >= 0.6 is 35.6 Å². The Morgan fingerprint density at radius 2 is 1.79 bits per heavy atom. The predicted molar refractivity (Wildman–Crippen MR) is 114 cm³/mol. The van der Waals surface area contributed by atoms with Crippen LogP contribution in [0, 0.1) is 5.41 Å². The molecule has 0 fully saturated rings. The van der Waals surface area contributed by atoms with Gasteiger partial charge in [0.25, 0.3) is 5.91 Å². The third-order valence-electron chi connectivity index (χ3n) is 3.65. The molecule has 0 radical (unpaired) electrons. The maximum absolute atomic E-state index is 12.4. The molecule has 0 aliphatic rings. The Hall–Kier alpha value is -2.68. The molecule has 0 aliphatic heterocycles. The van der Waals surface area contributed by atoms with Gasteiger partial charge in [-0.1, -0.05) is 23.2 Å². The number of nitrogens with two attached hydrogens (primary N) is 2. The van der Waals surface area contributed by atoms with Crippen LogP contribution < -0.4 is 21.5 Å². The van der Waals surface area contributed by atoms with Gasteiger partial charge in [-0.3, -0.25) is 10.2 Å². The lowest BCUT2D eigenvalue weighted by Gasteiger charge is -2.22. The van der Waals surface area contributed by atoms with Crippen molar-refractivity contribution >= 4 is 59.0 Å². The third kappa shape index (κ3) is 6.42. The van der Waals surface area contributed by atoms with E-state index in [2.05, 4.69) is 5.32 Å². The number of hydrogen-bond acceptors (Lipinski definition) is 6. The first kappa shape index (κ1) is 24.4. The van der Waals surface area contributed by atoms with Crippen molar-refractivity contribution in [1.29, 1.82) is 5.41 Å². The molecule has 0 aliphatic carbocycles. The molecule has 2 aromatic carbocycles. The number of rotatable bonds is 8. The van der Waals surface area contributed by atoms with Gasteiger partial charge in [0, 0.05) is 21.8 Å². The van der Waals surface area contributed by atoms with Crippen LogP contribution in [0.5, 0.6) is 5.75 Å². The fraction of sp³-hybridized carbons (Fsp3) is 0.167. The van der Waals surface area contributed by atoms with Gasteiger partial charge >= 0.3 is 5.97 Å². The summed E-state index contributed by atoms with van der Waals surface area (Å²) >= 11 is 12.3. The smallest absolute Gasteiger partial charge is 0.333 e. The molecule has 1 amide bonds. The van der Waals surface area contributed by atoms with Gasteiger partial charge in [0.05, 0.1) is 12.1 Å². The van der Waals surface area contributed by atoms with Crippen molar-refractivity contribution in [1.82, 2.24) is 0 Å². The number of esters is 1. The molecule has 2 aromatic rings. The Bertz CT molecular complexity index is 907. The number of carbonyl (C=O) groups is 2. The van der Waals surface area contributed by atoms with E-state index in [1.807, 2.05) is 0 Å². The van der Waals surface area contributed by atoms with Crippen LogP contribution in [-0.4, -0.2) is 31.4 Å². The maximum Gasteiger partial charge on any atom is 0.333 e. The number of primary amides is 1. The SMILES string of the molecule is COC(=O)C(Nc1ccc(C(=N)N)cc1)c1cc(Cl)cc(Cl)c1OCC(N)=O.Cl. The standard InChI is InChI=1S/C18H18Cl2N4O4.ClH/c1-27-18(26)15(24-11-4-2-9(3-5-11)17(22)23)12-6-10(19)7-13(20)16(12)28-8-14(21)25;/h2-7,15,24H,8H2,1H3,(H2,21,25)(H3,22,23);1H. The first-order valence-corrected chi connectivity index (χ1v) is 8.67. The Kier molecular flexibility index (Phi) is 9.03. The maximum atomic E-state index is 12.4. The van der Waals surface area contributed by atoms with E-state index in [0.29, 0.717) is 11.3 Å². The summed E-state index contributed by atoms with van der Waals surface area (Å²) < 4.78 is 10.3. The second-order valence-corrected chi connectivity index (χ2v) is 6.50. The number of nitrogen functional groups attached to an aromatic ring is 1. The van der Waals surface area contributed by atoms with Crippen LogP contribution in [0.2, 0.25) is 10.0 Å². The number of amides is 1. The van der Waals surface area contributed by atoms with E-state index in [1.54, 1.807) is 24.3 Å². The minimum Gasteiger partial charge on any atom is -0.482 e. The van der Waals surface area contributed by atoms with Crippen molar-refractivity contribution in [3.63, 3.8) is 0 Å². The van der Waals surface area contributed by atoms with Gasteiger partial charge in [0.1, 0.15) is 11.6 Å². The normalized spacial score (nSPS) is 11.0. The average molecular weight is 462 g/mol.